The van der Waals surface area contributed by atoms with E-state index in [4.69, 9.17) is 4.74 Å². The highest BCUT2D eigenvalue weighted by Crippen LogP contribution is 2.22. The van der Waals surface area contributed by atoms with Crippen molar-refractivity contribution in [2.24, 2.45) is 0 Å². The highest BCUT2D eigenvalue weighted by Gasteiger charge is 2.23. The molecule has 0 bridgehead atoms. The summed E-state index contributed by atoms with van der Waals surface area (Å²) in [7, 11) is 1.60. The van der Waals surface area contributed by atoms with Crippen LogP contribution in [0.2, 0.25) is 0 Å². The number of nitrogens with one attached hydrogen (secondary N) is 3. The zero-order chi connectivity index (χ0) is 16.9. The number of amides is 2. The predicted molar refractivity (Wildman–Crippen MR) is 88.7 cm³/mol. The van der Waals surface area contributed by atoms with Crippen molar-refractivity contribution in [2.75, 3.05) is 13.7 Å². The molecular formula is C17H20N4O3. The van der Waals surface area contributed by atoms with E-state index in [1.54, 1.807) is 13.2 Å². The largest absolute Gasteiger partial charge is 0.497 e. The molecular weight excluding hydrogens is 308 g/mol. The van der Waals surface area contributed by atoms with E-state index in [2.05, 4.69) is 20.8 Å². The van der Waals surface area contributed by atoms with Crippen LogP contribution in [0.4, 0.5) is 0 Å². The number of benzene rings is 1. The number of ether oxygens (including phenoxy) is 1. The van der Waals surface area contributed by atoms with Crippen molar-refractivity contribution in [3.8, 4) is 17.0 Å². The van der Waals surface area contributed by atoms with E-state index < -0.39 is 6.04 Å². The number of carbonyl (C=O) groups excluding carboxylic acids is 2. The topological polar surface area (TPSA) is 96.1 Å². The Balaban J connectivity index is 1.72. The van der Waals surface area contributed by atoms with Crippen molar-refractivity contribution in [2.45, 2.75) is 25.3 Å². The molecule has 7 heteroatoms. The number of hydrogen-bond acceptors (Lipinski definition) is 4. The van der Waals surface area contributed by atoms with Gasteiger partial charge in [0.1, 0.15) is 17.5 Å². The first kappa shape index (κ1) is 16.0. The summed E-state index contributed by atoms with van der Waals surface area (Å²) in [5.41, 5.74) is 1.81. The standard InChI is InChI=1S/C17H20N4O3/c1-24-12-6-4-5-11(9-12)14-10-15(21-20-14)17(23)19-13-7-2-3-8-18-16(13)22/h4-6,9-10,13H,2-3,7-8H2,1H3,(H,18,22)(H,19,23)(H,20,21). The molecule has 1 aromatic carbocycles. The maximum absolute atomic E-state index is 12.4. The molecule has 3 rings (SSSR count). The van der Waals surface area contributed by atoms with Gasteiger partial charge in [0, 0.05) is 12.1 Å². The smallest absolute Gasteiger partial charge is 0.269 e. The molecule has 0 spiro atoms. The van der Waals surface area contributed by atoms with Crippen molar-refractivity contribution >= 4 is 11.8 Å². The van der Waals surface area contributed by atoms with E-state index in [-0.39, 0.29) is 11.8 Å². The lowest BCUT2D eigenvalue weighted by Crippen LogP contribution is -2.45. The van der Waals surface area contributed by atoms with Gasteiger partial charge in [-0.3, -0.25) is 14.7 Å². The van der Waals surface area contributed by atoms with Gasteiger partial charge in [0.2, 0.25) is 5.91 Å². The molecule has 3 N–H and O–H groups in total. The summed E-state index contributed by atoms with van der Waals surface area (Å²) in [5, 5.41) is 12.5. The number of carbonyl (C=O) groups is 2. The fourth-order valence-corrected chi connectivity index (χ4v) is 2.68. The zero-order valence-corrected chi connectivity index (χ0v) is 13.5. The molecule has 1 aliphatic heterocycles. The predicted octanol–water partition coefficient (Wildman–Crippen LogP) is 1.48. The molecule has 7 nitrogen and oxygen atoms in total. The first-order valence-electron chi connectivity index (χ1n) is 7.96. The Morgan fingerprint density at radius 2 is 2.21 bits per heavy atom. The number of methoxy groups -OCH3 is 1. The highest BCUT2D eigenvalue weighted by molar-refractivity contribution is 5.96. The molecule has 2 aromatic rings. The zero-order valence-electron chi connectivity index (χ0n) is 13.5. The van der Waals surface area contributed by atoms with Crippen molar-refractivity contribution in [1.82, 2.24) is 20.8 Å². The molecule has 1 atom stereocenters. The van der Waals surface area contributed by atoms with Crippen LogP contribution in [0.3, 0.4) is 0 Å². The third-order valence-corrected chi connectivity index (χ3v) is 4.03. The second-order valence-corrected chi connectivity index (χ2v) is 5.71. The van der Waals surface area contributed by atoms with Crippen molar-refractivity contribution < 1.29 is 14.3 Å². The lowest BCUT2D eigenvalue weighted by atomic mass is 10.1. The quantitative estimate of drug-likeness (QED) is 0.792. The first-order valence-corrected chi connectivity index (χ1v) is 7.96. The van der Waals surface area contributed by atoms with Crippen LogP contribution in [0.25, 0.3) is 11.3 Å². The Morgan fingerprint density at radius 1 is 1.33 bits per heavy atom. The van der Waals surface area contributed by atoms with Gasteiger partial charge in [0.25, 0.3) is 5.91 Å². The number of nitrogens with zero attached hydrogens (tertiary/aromatic N) is 1. The van der Waals surface area contributed by atoms with Gasteiger partial charge >= 0.3 is 0 Å². The normalized spacial score (nSPS) is 17.7. The van der Waals surface area contributed by atoms with Crippen LogP contribution in [0, 0.1) is 0 Å². The molecule has 24 heavy (non-hydrogen) atoms. The summed E-state index contributed by atoms with van der Waals surface area (Å²) >= 11 is 0. The maximum atomic E-state index is 12.4. The average Bonchev–Trinajstić information content (AvgIpc) is 3.02. The fraction of sp³-hybridized carbons (Fsp3) is 0.353. The molecule has 0 saturated carbocycles. The van der Waals surface area contributed by atoms with Gasteiger partial charge in [-0.1, -0.05) is 12.1 Å². The van der Waals surface area contributed by atoms with Crippen LogP contribution in [0.15, 0.2) is 30.3 Å². The average molecular weight is 328 g/mol. The van der Waals surface area contributed by atoms with Gasteiger partial charge in [0.05, 0.1) is 12.8 Å². The molecule has 1 fully saturated rings. The van der Waals surface area contributed by atoms with Crippen LogP contribution in [0.1, 0.15) is 29.8 Å². The summed E-state index contributed by atoms with van der Waals surface area (Å²) in [5.74, 6) is 0.253. The molecule has 126 valence electrons. The molecule has 0 aliphatic carbocycles. The molecule has 1 aromatic heterocycles. The van der Waals surface area contributed by atoms with Gasteiger partial charge in [-0.05, 0) is 37.5 Å². The number of aromatic nitrogens is 2. The Labute approximate surface area is 139 Å². The third kappa shape index (κ3) is 3.56. The molecule has 2 amide bonds. The third-order valence-electron chi connectivity index (χ3n) is 4.03. The number of hydrogen-bond donors (Lipinski definition) is 3. The van der Waals surface area contributed by atoms with Gasteiger partial charge in [-0.15, -0.1) is 0 Å². The second kappa shape index (κ2) is 7.16. The molecule has 2 heterocycles. The van der Waals surface area contributed by atoms with E-state index in [1.165, 1.54) is 0 Å². The minimum absolute atomic E-state index is 0.131. The van der Waals surface area contributed by atoms with Gasteiger partial charge < -0.3 is 15.4 Å². The molecule has 1 saturated heterocycles. The summed E-state index contributed by atoms with van der Waals surface area (Å²) in [4.78, 5) is 24.3. The Bertz CT molecular complexity index is 741. The molecule has 1 aliphatic rings. The van der Waals surface area contributed by atoms with Crippen LogP contribution < -0.4 is 15.4 Å². The summed E-state index contributed by atoms with van der Waals surface area (Å²) in [6, 6.07) is 8.60. The van der Waals surface area contributed by atoms with Crippen molar-refractivity contribution in [1.29, 1.82) is 0 Å². The summed E-state index contributed by atoms with van der Waals surface area (Å²) < 4.78 is 5.19. The minimum atomic E-state index is -0.497. The Kier molecular flexibility index (Phi) is 4.79. The van der Waals surface area contributed by atoms with E-state index in [1.807, 2.05) is 24.3 Å². The summed E-state index contributed by atoms with van der Waals surface area (Å²) in [6.07, 6.45) is 2.48. The van der Waals surface area contributed by atoms with Crippen LogP contribution in [0.5, 0.6) is 5.75 Å². The monoisotopic (exact) mass is 328 g/mol. The van der Waals surface area contributed by atoms with Crippen LogP contribution in [-0.2, 0) is 4.79 Å². The van der Waals surface area contributed by atoms with E-state index >= 15 is 0 Å². The lowest BCUT2D eigenvalue weighted by molar-refractivity contribution is -0.122. The first-order chi connectivity index (χ1) is 11.7. The van der Waals surface area contributed by atoms with Gasteiger partial charge in [-0.25, -0.2) is 0 Å². The van der Waals surface area contributed by atoms with Crippen LogP contribution >= 0.6 is 0 Å². The van der Waals surface area contributed by atoms with Gasteiger partial charge in [0.15, 0.2) is 0 Å². The van der Waals surface area contributed by atoms with Gasteiger partial charge in [-0.2, -0.15) is 5.10 Å². The number of H-pyrrole nitrogens is 1. The Hall–Kier alpha value is -2.83. The second-order valence-electron chi connectivity index (χ2n) is 5.71. The summed E-state index contributed by atoms with van der Waals surface area (Å²) in [6.45, 7) is 0.662. The Morgan fingerprint density at radius 3 is 3.04 bits per heavy atom. The van der Waals surface area contributed by atoms with Crippen molar-refractivity contribution in [3.05, 3.63) is 36.0 Å². The number of rotatable bonds is 4. The van der Waals surface area contributed by atoms with E-state index in [0.29, 0.717) is 24.4 Å². The minimum Gasteiger partial charge on any atom is -0.497 e. The molecule has 1 unspecified atom stereocenters. The van der Waals surface area contributed by atoms with E-state index in [0.717, 1.165) is 24.2 Å². The van der Waals surface area contributed by atoms with Crippen molar-refractivity contribution in [3.63, 3.8) is 0 Å². The maximum Gasteiger partial charge on any atom is 0.269 e. The SMILES string of the molecule is COc1cccc(-c2cc(C(=O)NC3CCCCNC3=O)[nH]n2)c1. The fourth-order valence-electron chi connectivity index (χ4n) is 2.68. The van der Waals surface area contributed by atoms with E-state index in [9.17, 15) is 9.59 Å². The van der Waals surface area contributed by atoms with Crippen LogP contribution in [-0.4, -0.2) is 41.7 Å². The molecule has 0 radical (unpaired) electrons. The highest BCUT2D eigenvalue weighted by atomic mass is 16.5. The lowest BCUT2D eigenvalue weighted by Gasteiger charge is -2.14. The number of aromatic amines is 1.